The molecule has 1 saturated heterocycles. The third-order valence-electron chi connectivity index (χ3n) is 6.47. The van der Waals surface area contributed by atoms with Gasteiger partial charge < -0.3 is 10.2 Å². The number of hydrogen-bond acceptors (Lipinski definition) is 5. The molecule has 0 radical (unpaired) electrons. The average Bonchev–Trinajstić information content (AvgIpc) is 2.80. The van der Waals surface area contributed by atoms with Gasteiger partial charge in [0.25, 0.3) is 0 Å². The molecule has 32 heavy (non-hydrogen) atoms. The van der Waals surface area contributed by atoms with E-state index in [2.05, 4.69) is 5.32 Å². The predicted octanol–water partition coefficient (Wildman–Crippen LogP) is 2.38. The molecule has 0 aromatic heterocycles. The van der Waals surface area contributed by atoms with Gasteiger partial charge in [-0.3, -0.25) is 14.5 Å². The molecule has 1 heterocycles. The minimum atomic E-state index is -3.58. The molecule has 8 nitrogen and oxygen atoms in total. The molecule has 1 aromatic rings. The number of hydrogen-bond donors (Lipinski definition) is 1. The third kappa shape index (κ3) is 6.08. The van der Waals surface area contributed by atoms with Gasteiger partial charge in [0.15, 0.2) is 0 Å². The molecular formula is C23H36N4O4S. The number of amides is 2. The van der Waals surface area contributed by atoms with Crippen LogP contribution in [-0.2, 0) is 19.6 Å². The van der Waals surface area contributed by atoms with E-state index >= 15 is 0 Å². The van der Waals surface area contributed by atoms with Gasteiger partial charge in [-0.25, -0.2) is 8.42 Å². The van der Waals surface area contributed by atoms with Crippen LogP contribution in [0.25, 0.3) is 0 Å². The van der Waals surface area contributed by atoms with E-state index in [0.29, 0.717) is 45.0 Å². The summed E-state index contributed by atoms with van der Waals surface area (Å²) in [7, 11) is -3.58. The molecule has 2 aliphatic rings. The van der Waals surface area contributed by atoms with Crippen LogP contribution >= 0.6 is 0 Å². The van der Waals surface area contributed by atoms with Crippen molar-refractivity contribution in [2.75, 3.05) is 51.1 Å². The summed E-state index contributed by atoms with van der Waals surface area (Å²) in [6.07, 6.45) is 5.54. The minimum absolute atomic E-state index is 0.175. The fourth-order valence-corrected chi connectivity index (χ4v) is 6.09. The number of piperazine rings is 1. The number of sulfonamides is 1. The lowest BCUT2D eigenvalue weighted by Crippen LogP contribution is -2.52. The van der Waals surface area contributed by atoms with E-state index in [-0.39, 0.29) is 29.2 Å². The van der Waals surface area contributed by atoms with E-state index in [0.717, 1.165) is 25.7 Å². The first-order valence-electron chi connectivity index (χ1n) is 11.8. The summed E-state index contributed by atoms with van der Waals surface area (Å²) in [6.45, 7) is 7.25. The quantitative estimate of drug-likeness (QED) is 0.638. The van der Waals surface area contributed by atoms with Crippen LogP contribution in [0.5, 0.6) is 0 Å². The monoisotopic (exact) mass is 464 g/mol. The maximum Gasteiger partial charge on any atom is 0.243 e. The third-order valence-corrected chi connectivity index (χ3v) is 8.51. The summed E-state index contributed by atoms with van der Waals surface area (Å²) in [5, 5.41) is 2.82. The van der Waals surface area contributed by atoms with Crippen LogP contribution in [0, 0.1) is 5.92 Å². The molecule has 2 amide bonds. The van der Waals surface area contributed by atoms with Gasteiger partial charge in [-0.1, -0.05) is 39.2 Å². The smallest absolute Gasteiger partial charge is 0.243 e. The lowest BCUT2D eigenvalue weighted by molar-refractivity contribution is -0.138. The van der Waals surface area contributed by atoms with Crippen LogP contribution in [0.3, 0.4) is 0 Å². The van der Waals surface area contributed by atoms with Crippen molar-refractivity contribution in [3.8, 4) is 0 Å². The normalized spacial score (nSPS) is 18.7. The predicted molar refractivity (Wildman–Crippen MR) is 125 cm³/mol. The van der Waals surface area contributed by atoms with Crippen molar-refractivity contribution in [3.63, 3.8) is 0 Å². The van der Waals surface area contributed by atoms with E-state index < -0.39 is 10.0 Å². The number of nitrogens with zero attached hydrogens (tertiary/aromatic N) is 3. The molecule has 178 valence electrons. The highest BCUT2D eigenvalue weighted by atomic mass is 32.2. The summed E-state index contributed by atoms with van der Waals surface area (Å²) >= 11 is 0. The van der Waals surface area contributed by atoms with Crippen LogP contribution in [0.1, 0.15) is 46.0 Å². The van der Waals surface area contributed by atoms with E-state index in [1.807, 2.05) is 9.80 Å². The Morgan fingerprint density at radius 1 is 1.03 bits per heavy atom. The van der Waals surface area contributed by atoms with Crippen LogP contribution < -0.4 is 5.32 Å². The van der Waals surface area contributed by atoms with Gasteiger partial charge >= 0.3 is 0 Å². The number of carbonyl (C=O) groups excluding carboxylic acids is 2. The van der Waals surface area contributed by atoms with Gasteiger partial charge in [0, 0.05) is 50.9 Å². The first kappa shape index (κ1) is 24.7. The average molecular weight is 465 g/mol. The van der Waals surface area contributed by atoms with E-state index in [9.17, 15) is 18.0 Å². The van der Waals surface area contributed by atoms with Crippen LogP contribution in [0.15, 0.2) is 29.2 Å². The largest absolute Gasteiger partial charge is 0.340 e. The Bertz CT molecular complexity index is 887. The van der Waals surface area contributed by atoms with Gasteiger partial charge in [0.05, 0.1) is 11.4 Å². The lowest BCUT2D eigenvalue weighted by Gasteiger charge is -2.36. The molecule has 0 spiro atoms. The summed E-state index contributed by atoms with van der Waals surface area (Å²) < 4.78 is 26.8. The van der Waals surface area contributed by atoms with Crippen molar-refractivity contribution >= 4 is 27.5 Å². The lowest BCUT2D eigenvalue weighted by atomic mass is 9.88. The number of carbonyl (C=O) groups is 2. The number of anilines is 1. The Morgan fingerprint density at radius 2 is 1.69 bits per heavy atom. The summed E-state index contributed by atoms with van der Waals surface area (Å²) in [5.74, 6) is 0.271. The van der Waals surface area contributed by atoms with Crippen molar-refractivity contribution in [2.24, 2.45) is 5.92 Å². The fourth-order valence-electron chi connectivity index (χ4n) is 4.58. The number of rotatable bonds is 8. The van der Waals surface area contributed by atoms with Crippen molar-refractivity contribution in [3.05, 3.63) is 24.3 Å². The molecule has 3 rings (SSSR count). The Balaban J connectivity index is 1.51. The zero-order valence-electron chi connectivity index (χ0n) is 19.3. The Hall–Kier alpha value is -1.97. The topological polar surface area (TPSA) is 90.0 Å². The second-order valence-electron chi connectivity index (χ2n) is 8.60. The van der Waals surface area contributed by atoms with E-state index in [1.165, 1.54) is 16.8 Å². The highest BCUT2D eigenvalue weighted by Crippen LogP contribution is 2.26. The summed E-state index contributed by atoms with van der Waals surface area (Å²) in [4.78, 5) is 29.4. The molecule has 9 heteroatoms. The molecule has 1 aliphatic carbocycles. The molecule has 1 saturated carbocycles. The highest BCUT2D eigenvalue weighted by molar-refractivity contribution is 7.89. The SMILES string of the molecule is CCN(CC)S(=O)(=O)c1cccc(NC(=O)CN2CCN(C(=O)C3CCCCC3)CC2)c1. The van der Waals surface area contributed by atoms with Crippen molar-refractivity contribution in [1.82, 2.24) is 14.1 Å². The summed E-state index contributed by atoms with van der Waals surface area (Å²) in [6, 6.07) is 6.39. The molecule has 1 N–H and O–H groups in total. The zero-order chi connectivity index (χ0) is 23.1. The van der Waals surface area contributed by atoms with Crippen molar-refractivity contribution < 1.29 is 18.0 Å². The second-order valence-corrected chi connectivity index (χ2v) is 10.5. The molecule has 2 fully saturated rings. The highest BCUT2D eigenvalue weighted by Gasteiger charge is 2.29. The van der Waals surface area contributed by atoms with Crippen molar-refractivity contribution in [2.45, 2.75) is 50.8 Å². The maximum atomic E-state index is 12.7. The van der Waals surface area contributed by atoms with Crippen molar-refractivity contribution in [1.29, 1.82) is 0 Å². The van der Waals surface area contributed by atoms with Gasteiger partial charge in [-0.15, -0.1) is 0 Å². The van der Waals surface area contributed by atoms with E-state index in [4.69, 9.17) is 0 Å². The Labute approximate surface area is 192 Å². The minimum Gasteiger partial charge on any atom is -0.340 e. The fraction of sp³-hybridized carbons (Fsp3) is 0.652. The number of nitrogens with one attached hydrogen (secondary N) is 1. The van der Waals surface area contributed by atoms with Crippen LogP contribution in [-0.4, -0.2) is 80.2 Å². The first-order chi connectivity index (χ1) is 15.3. The zero-order valence-corrected chi connectivity index (χ0v) is 20.1. The van der Waals surface area contributed by atoms with Crippen LogP contribution in [0.2, 0.25) is 0 Å². The Kier molecular flexibility index (Phi) is 8.67. The molecule has 0 bridgehead atoms. The Morgan fingerprint density at radius 3 is 2.31 bits per heavy atom. The molecule has 0 atom stereocenters. The van der Waals surface area contributed by atoms with Gasteiger partial charge in [-0.2, -0.15) is 4.31 Å². The van der Waals surface area contributed by atoms with Gasteiger partial charge in [0.1, 0.15) is 0 Å². The second kappa shape index (κ2) is 11.2. The molecular weight excluding hydrogens is 428 g/mol. The maximum absolute atomic E-state index is 12.7. The van der Waals surface area contributed by atoms with Gasteiger partial charge in [-0.05, 0) is 31.0 Å². The summed E-state index contributed by atoms with van der Waals surface area (Å²) in [5.41, 5.74) is 0.467. The molecule has 0 unspecified atom stereocenters. The molecule has 1 aliphatic heterocycles. The standard InChI is InChI=1S/C23H36N4O4S/c1-3-27(4-2)32(30,31)21-12-8-11-20(17-21)24-22(28)18-25-13-15-26(16-14-25)23(29)19-9-6-5-7-10-19/h8,11-12,17,19H,3-7,9-10,13-16,18H2,1-2H3,(H,24,28). The molecule has 1 aromatic carbocycles. The first-order valence-corrected chi connectivity index (χ1v) is 13.2. The van der Waals surface area contributed by atoms with E-state index in [1.54, 1.807) is 32.0 Å². The van der Waals surface area contributed by atoms with Gasteiger partial charge in [0.2, 0.25) is 21.8 Å². The van der Waals surface area contributed by atoms with Crippen LogP contribution in [0.4, 0.5) is 5.69 Å². The number of benzene rings is 1.